The van der Waals surface area contributed by atoms with Crippen molar-refractivity contribution in [2.75, 3.05) is 0 Å². The molecule has 2 atom stereocenters. The second kappa shape index (κ2) is 5.42. The summed E-state index contributed by atoms with van der Waals surface area (Å²) >= 11 is 0. The first-order valence-corrected chi connectivity index (χ1v) is 4.97. The van der Waals surface area contributed by atoms with E-state index in [1.165, 1.54) is 0 Å². The molecule has 1 heterocycles. The third kappa shape index (κ3) is 3.17. The van der Waals surface area contributed by atoms with Crippen LogP contribution in [0.5, 0.6) is 0 Å². The highest BCUT2D eigenvalue weighted by Gasteiger charge is 2.22. The fourth-order valence-corrected chi connectivity index (χ4v) is 1.21. The molecule has 0 aliphatic heterocycles. The fraction of sp³-hybridized carbons (Fsp3) is 0.333. The van der Waals surface area contributed by atoms with Crippen LogP contribution in [0.3, 0.4) is 0 Å². The molecule has 1 rings (SSSR count). The van der Waals surface area contributed by atoms with Gasteiger partial charge in [0.1, 0.15) is 0 Å². The van der Waals surface area contributed by atoms with Gasteiger partial charge in [0.25, 0.3) is 0 Å². The summed E-state index contributed by atoms with van der Waals surface area (Å²) in [5.41, 5.74) is 0.960. The standard InChI is InChI=1S/C12H15NO3/c1-8(2)12(15)16-11(9(3)14)10-5-4-6-13-7-10/h4-7,9,11,14H,1H2,2-3H3. The van der Waals surface area contributed by atoms with Gasteiger partial charge in [0, 0.05) is 23.5 Å². The first kappa shape index (κ1) is 12.4. The predicted molar refractivity (Wildman–Crippen MR) is 59.6 cm³/mol. The van der Waals surface area contributed by atoms with Crippen LogP contribution in [0, 0.1) is 0 Å². The highest BCUT2D eigenvalue weighted by molar-refractivity contribution is 5.87. The molecule has 0 spiro atoms. The molecule has 1 aromatic rings. The van der Waals surface area contributed by atoms with Gasteiger partial charge in [0.15, 0.2) is 6.10 Å². The Labute approximate surface area is 94.6 Å². The summed E-state index contributed by atoms with van der Waals surface area (Å²) in [7, 11) is 0. The van der Waals surface area contributed by atoms with Crippen LogP contribution in [0.2, 0.25) is 0 Å². The Morgan fingerprint density at radius 1 is 1.62 bits per heavy atom. The number of hydrogen-bond acceptors (Lipinski definition) is 4. The van der Waals surface area contributed by atoms with Crippen LogP contribution >= 0.6 is 0 Å². The van der Waals surface area contributed by atoms with Crippen molar-refractivity contribution in [3.63, 3.8) is 0 Å². The quantitative estimate of drug-likeness (QED) is 0.620. The third-order valence-corrected chi connectivity index (χ3v) is 2.03. The van der Waals surface area contributed by atoms with Crippen LogP contribution in [-0.2, 0) is 9.53 Å². The van der Waals surface area contributed by atoms with Crippen LogP contribution in [0.25, 0.3) is 0 Å². The lowest BCUT2D eigenvalue weighted by molar-refractivity contribution is -0.150. The van der Waals surface area contributed by atoms with Gasteiger partial charge in [0.2, 0.25) is 0 Å². The van der Waals surface area contributed by atoms with Gasteiger partial charge in [-0.2, -0.15) is 0 Å². The number of rotatable bonds is 4. The maximum atomic E-state index is 11.4. The summed E-state index contributed by atoms with van der Waals surface area (Å²) in [6, 6.07) is 3.47. The molecule has 4 nitrogen and oxygen atoms in total. The number of aliphatic hydroxyl groups is 1. The molecule has 0 fully saturated rings. The van der Waals surface area contributed by atoms with E-state index in [0.29, 0.717) is 11.1 Å². The van der Waals surface area contributed by atoms with Gasteiger partial charge in [-0.15, -0.1) is 0 Å². The maximum absolute atomic E-state index is 11.4. The van der Waals surface area contributed by atoms with Crippen molar-refractivity contribution in [3.8, 4) is 0 Å². The average Bonchev–Trinajstić information content (AvgIpc) is 2.26. The van der Waals surface area contributed by atoms with E-state index in [1.54, 1.807) is 38.4 Å². The normalized spacial score (nSPS) is 13.9. The molecule has 0 aliphatic rings. The summed E-state index contributed by atoms with van der Waals surface area (Å²) in [6.45, 7) is 6.61. The largest absolute Gasteiger partial charge is 0.451 e. The molecule has 1 aromatic heterocycles. The summed E-state index contributed by atoms with van der Waals surface area (Å²) in [6.07, 6.45) is 1.66. The molecule has 0 bridgehead atoms. The molecule has 0 aromatic carbocycles. The third-order valence-electron chi connectivity index (χ3n) is 2.03. The van der Waals surface area contributed by atoms with Crippen LogP contribution in [-0.4, -0.2) is 22.2 Å². The fourth-order valence-electron chi connectivity index (χ4n) is 1.21. The van der Waals surface area contributed by atoms with Crippen molar-refractivity contribution >= 4 is 5.97 Å². The summed E-state index contributed by atoms with van der Waals surface area (Å²) in [4.78, 5) is 15.3. The van der Waals surface area contributed by atoms with Crippen LogP contribution in [0.4, 0.5) is 0 Å². The molecule has 0 radical (unpaired) electrons. The molecule has 1 N–H and O–H groups in total. The maximum Gasteiger partial charge on any atom is 0.333 e. The first-order chi connectivity index (χ1) is 7.52. The molecule has 4 heteroatoms. The number of hydrogen-bond donors (Lipinski definition) is 1. The van der Waals surface area contributed by atoms with Gasteiger partial charge in [-0.25, -0.2) is 4.79 Å². The van der Waals surface area contributed by atoms with Gasteiger partial charge in [-0.05, 0) is 19.9 Å². The van der Waals surface area contributed by atoms with Crippen molar-refractivity contribution < 1.29 is 14.6 Å². The molecule has 2 unspecified atom stereocenters. The van der Waals surface area contributed by atoms with E-state index in [2.05, 4.69) is 11.6 Å². The molecular weight excluding hydrogens is 206 g/mol. The van der Waals surface area contributed by atoms with Crippen LogP contribution in [0.1, 0.15) is 25.5 Å². The molecule has 0 amide bonds. The Bertz CT molecular complexity index is 373. The van der Waals surface area contributed by atoms with Gasteiger partial charge < -0.3 is 9.84 Å². The Morgan fingerprint density at radius 3 is 2.75 bits per heavy atom. The molecule has 0 saturated heterocycles. The number of pyridine rings is 1. The van der Waals surface area contributed by atoms with E-state index >= 15 is 0 Å². The lowest BCUT2D eigenvalue weighted by Gasteiger charge is -2.20. The highest BCUT2D eigenvalue weighted by Crippen LogP contribution is 2.21. The molecule has 0 saturated carbocycles. The van der Waals surface area contributed by atoms with E-state index in [1.807, 2.05) is 0 Å². The number of ether oxygens (including phenoxy) is 1. The minimum Gasteiger partial charge on any atom is -0.451 e. The minimum atomic E-state index is -0.799. The van der Waals surface area contributed by atoms with Crippen molar-refractivity contribution in [1.82, 2.24) is 4.98 Å². The van der Waals surface area contributed by atoms with Crippen molar-refractivity contribution in [1.29, 1.82) is 0 Å². The van der Waals surface area contributed by atoms with Crippen LogP contribution in [0.15, 0.2) is 36.7 Å². The van der Waals surface area contributed by atoms with Gasteiger partial charge in [0.05, 0.1) is 6.10 Å². The van der Waals surface area contributed by atoms with Crippen molar-refractivity contribution in [2.24, 2.45) is 0 Å². The molecule has 0 aliphatic carbocycles. The summed E-state index contributed by atoms with van der Waals surface area (Å²) < 4.78 is 5.13. The van der Waals surface area contributed by atoms with E-state index in [0.717, 1.165) is 0 Å². The number of nitrogens with zero attached hydrogens (tertiary/aromatic N) is 1. The number of aliphatic hydroxyl groups excluding tert-OH is 1. The topological polar surface area (TPSA) is 59.4 Å². The lowest BCUT2D eigenvalue weighted by atomic mass is 10.1. The summed E-state index contributed by atoms with van der Waals surface area (Å²) in [5, 5.41) is 9.56. The number of carbonyl (C=O) groups excluding carboxylic acids is 1. The highest BCUT2D eigenvalue weighted by atomic mass is 16.6. The zero-order valence-corrected chi connectivity index (χ0v) is 9.38. The zero-order chi connectivity index (χ0) is 12.1. The van der Waals surface area contributed by atoms with Crippen molar-refractivity contribution in [3.05, 3.63) is 42.2 Å². The molecule has 16 heavy (non-hydrogen) atoms. The number of carbonyl (C=O) groups is 1. The zero-order valence-electron chi connectivity index (χ0n) is 9.38. The Hall–Kier alpha value is -1.68. The van der Waals surface area contributed by atoms with Gasteiger partial charge >= 0.3 is 5.97 Å². The van der Waals surface area contributed by atoms with E-state index in [9.17, 15) is 9.90 Å². The SMILES string of the molecule is C=C(C)C(=O)OC(c1cccnc1)C(C)O. The van der Waals surface area contributed by atoms with E-state index < -0.39 is 18.2 Å². The first-order valence-electron chi connectivity index (χ1n) is 4.97. The predicted octanol–water partition coefficient (Wildman–Crippen LogP) is 1.62. The number of esters is 1. The summed E-state index contributed by atoms with van der Waals surface area (Å²) in [5.74, 6) is -0.519. The average molecular weight is 221 g/mol. The van der Waals surface area contributed by atoms with E-state index in [-0.39, 0.29) is 0 Å². The Morgan fingerprint density at radius 2 is 2.31 bits per heavy atom. The lowest BCUT2D eigenvalue weighted by Crippen LogP contribution is -2.21. The van der Waals surface area contributed by atoms with Gasteiger partial charge in [-0.3, -0.25) is 4.98 Å². The monoisotopic (exact) mass is 221 g/mol. The van der Waals surface area contributed by atoms with Crippen LogP contribution < -0.4 is 0 Å². The second-order valence-corrected chi connectivity index (χ2v) is 3.63. The second-order valence-electron chi connectivity index (χ2n) is 3.63. The van der Waals surface area contributed by atoms with Gasteiger partial charge in [-0.1, -0.05) is 12.6 Å². The Kier molecular flexibility index (Phi) is 4.19. The number of aromatic nitrogens is 1. The van der Waals surface area contributed by atoms with E-state index in [4.69, 9.17) is 4.74 Å². The van der Waals surface area contributed by atoms with Crippen molar-refractivity contribution in [2.45, 2.75) is 26.1 Å². The molecular formula is C12H15NO3. The Balaban J connectivity index is 2.85. The smallest absolute Gasteiger partial charge is 0.333 e. The molecule has 86 valence electrons. The minimum absolute atomic E-state index is 0.301.